The van der Waals surface area contributed by atoms with E-state index in [0.29, 0.717) is 0 Å². The minimum absolute atomic E-state index is 0.207. The van der Waals surface area contributed by atoms with Gasteiger partial charge < -0.3 is 4.90 Å². The Morgan fingerprint density at radius 1 is 0.235 bits per heavy atom. The second-order valence-corrected chi connectivity index (χ2v) is 20.4. The van der Waals surface area contributed by atoms with Crippen LogP contribution in [0.25, 0.3) is 66.8 Å². The molecule has 0 atom stereocenters. The van der Waals surface area contributed by atoms with Crippen LogP contribution in [-0.4, -0.2) is 0 Å². The van der Waals surface area contributed by atoms with Gasteiger partial charge >= 0.3 is 0 Å². The first kappa shape index (κ1) is 39.2. The second kappa shape index (κ2) is 14.0. The standard InChI is InChI=1S/C67H49N/c1-65(2)61-37-44(42-17-7-5-8-18-42)27-32-52(61)54-34-29-47(40-63(54)65)68(48-30-35-55-53-33-28-45(43-19-9-6-10-20-43)38-62(53)66(3,4)64(55)41-48)46-31-36-60-56(39-46)51-23-13-16-26-59(51)67(60)57-24-14-11-21-49(57)50-22-12-15-25-58(50)67/h5-41H,1-4H3. The van der Waals surface area contributed by atoms with Crippen molar-refractivity contribution < 1.29 is 0 Å². The molecule has 4 aliphatic carbocycles. The molecule has 1 spiro atoms. The monoisotopic (exact) mass is 867 g/mol. The summed E-state index contributed by atoms with van der Waals surface area (Å²) in [5.41, 5.74) is 29.1. The molecule has 0 aromatic heterocycles. The van der Waals surface area contributed by atoms with Gasteiger partial charge in [0.15, 0.2) is 0 Å². The number of hydrogen-bond donors (Lipinski definition) is 0. The van der Waals surface area contributed by atoms with Crippen molar-refractivity contribution in [3.05, 3.63) is 269 Å². The number of benzene rings is 10. The average Bonchev–Trinajstić information content (AvgIpc) is 4.01. The maximum absolute atomic E-state index is 2.54. The van der Waals surface area contributed by atoms with Crippen molar-refractivity contribution in [2.45, 2.75) is 43.9 Å². The van der Waals surface area contributed by atoms with Gasteiger partial charge in [-0.1, -0.05) is 204 Å². The number of rotatable bonds is 5. The van der Waals surface area contributed by atoms with Crippen molar-refractivity contribution in [1.29, 1.82) is 0 Å². The molecular formula is C67H49N. The van der Waals surface area contributed by atoms with E-state index in [0.717, 1.165) is 17.1 Å². The Kier molecular flexibility index (Phi) is 8.08. The highest BCUT2D eigenvalue weighted by Gasteiger charge is 2.51. The average molecular weight is 868 g/mol. The molecule has 0 bridgehead atoms. The van der Waals surface area contributed by atoms with E-state index in [2.05, 4.69) is 257 Å². The summed E-state index contributed by atoms with van der Waals surface area (Å²) in [5, 5.41) is 0. The fraction of sp³-hybridized carbons (Fsp3) is 0.104. The number of anilines is 3. The lowest BCUT2D eigenvalue weighted by atomic mass is 9.70. The summed E-state index contributed by atoms with van der Waals surface area (Å²) in [6.07, 6.45) is 0. The zero-order chi connectivity index (χ0) is 45.5. The summed E-state index contributed by atoms with van der Waals surface area (Å²) in [5.74, 6) is 0. The van der Waals surface area contributed by atoms with E-state index in [9.17, 15) is 0 Å². The minimum Gasteiger partial charge on any atom is -0.310 e. The molecule has 0 heterocycles. The van der Waals surface area contributed by atoms with E-state index in [1.807, 2.05) is 0 Å². The summed E-state index contributed by atoms with van der Waals surface area (Å²) in [4.78, 5) is 2.54. The lowest BCUT2D eigenvalue weighted by molar-refractivity contribution is 0.660. The molecule has 10 aromatic carbocycles. The normalized spacial score (nSPS) is 15.1. The molecule has 0 amide bonds. The van der Waals surface area contributed by atoms with Gasteiger partial charge in [0.25, 0.3) is 0 Å². The molecule has 4 aliphatic rings. The van der Waals surface area contributed by atoms with Crippen LogP contribution in [-0.2, 0) is 16.2 Å². The van der Waals surface area contributed by atoms with Crippen molar-refractivity contribution in [2.75, 3.05) is 4.90 Å². The third-order valence-electron chi connectivity index (χ3n) is 16.3. The summed E-state index contributed by atoms with van der Waals surface area (Å²) in [6, 6.07) is 84.8. The van der Waals surface area contributed by atoms with Gasteiger partial charge in [-0.3, -0.25) is 0 Å². The van der Waals surface area contributed by atoms with Gasteiger partial charge in [-0.25, -0.2) is 0 Å². The Morgan fingerprint density at radius 3 is 1.01 bits per heavy atom. The molecule has 322 valence electrons. The van der Waals surface area contributed by atoms with E-state index in [4.69, 9.17) is 0 Å². The van der Waals surface area contributed by atoms with Crippen LogP contribution in [0.5, 0.6) is 0 Å². The molecule has 0 aliphatic heterocycles. The molecule has 68 heavy (non-hydrogen) atoms. The SMILES string of the molecule is CC1(C)c2cc(-c3ccccc3)ccc2-c2ccc(N(c3ccc4c(c3)-c3ccccc3C43c4ccccc4-c4ccccc43)c3ccc4c(c3)C(C)(C)c3cc(-c5ccccc5)ccc3-4)cc21. The van der Waals surface area contributed by atoms with Crippen molar-refractivity contribution in [3.63, 3.8) is 0 Å². The zero-order valence-corrected chi connectivity index (χ0v) is 38.8. The molecule has 14 rings (SSSR count). The molecule has 0 radical (unpaired) electrons. The van der Waals surface area contributed by atoms with E-state index < -0.39 is 5.41 Å². The van der Waals surface area contributed by atoms with Crippen molar-refractivity contribution in [3.8, 4) is 66.8 Å². The Bertz CT molecular complexity index is 3540. The van der Waals surface area contributed by atoms with Crippen molar-refractivity contribution in [1.82, 2.24) is 0 Å². The molecule has 0 saturated heterocycles. The van der Waals surface area contributed by atoms with Gasteiger partial charge in [-0.15, -0.1) is 0 Å². The van der Waals surface area contributed by atoms with E-state index in [-0.39, 0.29) is 10.8 Å². The first-order chi connectivity index (χ1) is 33.2. The highest BCUT2D eigenvalue weighted by Crippen LogP contribution is 2.63. The fourth-order valence-corrected chi connectivity index (χ4v) is 13.0. The highest BCUT2D eigenvalue weighted by molar-refractivity contribution is 5.97. The van der Waals surface area contributed by atoms with Crippen LogP contribution in [0, 0.1) is 0 Å². The summed E-state index contributed by atoms with van der Waals surface area (Å²) >= 11 is 0. The summed E-state index contributed by atoms with van der Waals surface area (Å²) in [7, 11) is 0. The Hall–Kier alpha value is -8.00. The first-order valence-electron chi connectivity index (χ1n) is 24.2. The molecule has 0 N–H and O–H groups in total. The lowest BCUT2D eigenvalue weighted by Gasteiger charge is -2.32. The number of hydrogen-bond acceptors (Lipinski definition) is 1. The predicted octanol–water partition coefficient (Wildman–Crippen LogP) is 17.4. The number of fused-ring (bicyclic) bond motifs is 16. The minimum atomic E-state index is -0.396. The molecule has 0 saturated carbocycles. The van der Waals surface area contributed by atoms with Gasteiger partial charge in [-0.05, 0) is 160 Å². The summed E-state index contributed by atoms with van der Waals surface area (Å²) < 4.78 is 0. The quantitative estimate of drug-likeness (QED) is 0.167. The maximum atomic E-state index is 2.54. The van der Waals surface area contributed by atoms with Gasteiger partial charge in [0.2, 0.25) is 0 Å². The second-order valence-electron chi connectivity index (χ2n) is 20.4. The van der Waals surface area contributed by atoms with Gasteiger partial charge in [-0.2, -0.15) is 0 Å². The van der Waals surface area contributed by atoms with E-state index in [1.165, 1.54) is 111 Å². The maximum Gasteiger partial charge on any atom is 0.0725 e. The van der Waals surface area contributed by atoms with Crippen LogP contribution >= 0.6 is 0 Å². The molecular weight excluding hydrogens is 819 g/mol. The Labute approximate surface area is 399 Å². The number of nitrogens with zero attached hydrogens (tertiary/aromatic N) is 1. The lowest BCUT2D eigenvalue weighted by Crippen LogP contribution is -2.25. The molecule has 10 aromatic rings. The Balaban J connectivity index is 0.961. The fourth-order valence-electron chi connectivity index (χ4n) is 13.0. The van der Waals surface area contributed by atoms with Crippen LogP contribution in [0.3, 0.4) is 0 Å². The first-order valence-corrected chi connectivity index (χ1v) is 24.2. The van der Waals surface area contributed by atoms with Crippen LogP contribution in [0.15, 0.2) is 224 Å². The van der Waals surface area contributed by atoms with Crippen LogP contribution < -0.4 is 4.90 Å². The molecule has 0 unspecified atom stereocenters. The largest absolute Gasteiger partial charge is 0.310 e. The molecule has 1 nitrogen and oxygen atoms in total. The van der Waals surface area contributed by atoms with Crippen LogP contribution in [0.4, 0.5) is 17.1 Å². The topological polar surface area (TPSA) is 3.24 Å². The van der Waals surface area contributed by atoms with E-state index in [1.54, 1.807) is 0 Å². The van der Waals surface area contributed by atoms with Gasteiger partial charge in [0, 0.05) is 27.9 Å². The van der Waals surface area contributed by atoms with Gasteiger partial charge in [0.05, 0.1) is 5.41 Å². The smallest absolute Gasteiger partial charge is 0.0725 e. The van der Waals surface area contributed by atoms with Crippen molar-refractivity contribution in [2.24, 2.45) is 0 Å². The molecule has 0 fully saturated rings. The van der Waals surface area contributed by atoms with Crippen molar-refractivity contribution >= 4 is 17.1 Å². The van der Waals surface area contributed by atoms with Crippen LogP contribution in [0.2, 0.25) is 0 Å². The predicted molar refractivity (Wildman–Crippen MR) is 283 cm³/mol. The third-order valence-corrected chi connectivity index (χ3v) is 16.3. The van der Waals surface area contributed by atoms with E-state index >= 15 is 0 Å². The summed E-state index contributed by atoms with van der Waals surface area (Å²) in [6.45, 7) is 9.62. The third kappa shape index (κ3) is 5.22. The highest BCUT2D eigenvalue weighted by atomic mass is 15.1. The molecule has 1 heteroatoms. The zero-order valence-electron chi connectivity index (χ0n) is 38.8. The Morgan fingerprint density at radius 2 is 0.559 bits per heavy atom. The van der Waals surface area contributed by atoms with Gasteiger partial charge in [0.1, 0.15) is 0 Å². The van der Waals surface area contributed by atoms with Crippen LogP contribution in [0.1, 0.15) is 72.2 Å².